The quantitative estimate of drug-likeness (QED) is 0.700. The number of nitrogens with zero attached hydrogens (tertiary/aromatic N) is 2. The fraction of sp³-hybridized carbons (Fsp3) is 0.364. The summed E-state index contributed by atoms with van der Waals surface area (Å²) in [4.78, 5) is 14.8. The van der Waals surface area contributed by atoms with Gasteiger partial charge in [0.15, 0.2) is 11.5 Å². The Morgan fingerprint density at radius 2 is 1.84 bits per heavy atom. The van der Waals surface area contributed by atoms with Gasteiger partial charge < -0.3 is 19.7 Å². The van der Waals surface area contributed by atoms with E-state index in [2.05, 4.69) is 9.71 Å². The molecule has 1 aliphatic rings. The molecule has 0 aromatic heterocycles. The largest absolute Gasteiger partial charge is 0.493 e. The first-order chi connectivity index (χ1) is 14.7. The van der Waals surface area contributed by atoms with Crippen molar-refractivity contribution in [3.8, 4) is 11.5 Å². The molecule has 1 aliphatic heterocycles. The highest BCUT2D eigenvalue weighted by Gasteiger charge is 2.29. The fourth-order valence-corrected chi connectivity index (χ4v) is 4.79. The molecule has 1 amide bonds. The molecule has 0 bridgehead atoms. The predicted octanol–water partition coefficient (Wildman–Crippen LogP) is 3.53. The molecule has 0 fully saturated rings. The van der Waals surface area contributed by atoms with Gasteiger partial charge in [0.25, 0.3) is 15.9 Å². The van der Waals surface area contributed by atoms with Crippen LogP contribution < -0.4 is 19.7 Å². The molecule has 31 heavy (non-hydrogen) atoms. The van der Waals surface area contributed by atoms with Gasteiger partial charge in [0.1, 0.15) is 10.7 Å². The van der Waals surface area contributed by atoms with E-state index in [1.165, 1.54) is 6.07 Å². The Bertz CT molecular complexity index is 1130. The average molecular weight is 446 g/mol. The molecule has 0 unspecified atom stereocenters. The second-order valence-corrected chi connectivity index (χ2v) is 8.83. The van der Waals surface area contributed by atoms with Gasteiger partial charge in [-0.1, -0.05) is 13.0 Å². The zero-order valence-corrected chi connectivity index (χ0v) is 19.1. The lowest BCUT2D eigenvalue weighted by atomic mass is 10.1. The van der Waals surface area contributed by atoms with Crippen molar-refractivity contribution < 1.29 is 22.7 Å². The minimum atomic E-state index is -3.86. The molecule has 1 N–H and O–H groups in total. The topological polar surface area (TPSA) is 97.3 Å². The standard InChI is InChI=1S/C22H27N3O5S/c1-6-11-25-15(3)24-31(27,28)21-13-17(7-9-18(21)25)22(26)23-14(2)16-8-10-19(29-4)20(12-16)30-5/h7-10,12-14H,6,11H2,1-5H3,(H,23,26)/t14-/m1/s1. The van der Waals surface area contributed by atoms with Crippen LogP contribution in [-0.4, -0.2) is 40.9 Å². The lowest BCUT2D eigenvalue weighted by Crippen LogP contribution is -2.35. The summed E-state index contributed by atoms with van der Waals surface area (Å²) < 4.78 is 39.6. The second-order valence-electron chi connectivity index (χ2n) is 7.26. The summed E-state index contributed by atoms with van der Waals surface area (Å²) >= 11 is 0. The molecule has 0 radical (unpaired) electrons. The second kappa shape index (κ2) is 8.97. The molecule has 2 aromatic carbocycles. The van der Waals surface area contributed by atoms with Crippen LogP contribution in [0.4, 0.5) is 5.69 Å². The maximum absolute atomic E-state index is 12.9. The number of hydrogen-bond acceptors (Lipinski definition) is 6. The number of rotatable bonds is 7. The average Bonchev–Trinajstić information content (AvgIpc) is 2.75. The number of amidine groups is 1. The number of hydrogen-bond donors (Lipinski definition) is 1. The first kappa shape index (κ1) is 22.6. The molecule has 1 atom stereocenters. The third-order valence-corrected chi connectivity index (χ3v) is 6.52. The van der Waals surface area contributed by atoms with Crippen molar-refractivity contribution in [1.29, 1.82) is 0 Å². The van der Waals surface area contributed by atoms with E-state index in [0.29, 0.717) is 29.6 Å². The Morgan fingerprint density at radius 3 is 2.48 bits per heavy atom. The number of fused-ring (bicyclic) bond motifs is 1. The number of carbonyl (C=O) groups is 1. The molecule has 0 aliphatic carbocycles. The molecule has 9 heteroatoms. The smallest absolute Gasteiger partial charge is 0.286 e. The number of ether oxygens (including phenoxy) is 2. The number of nitrogens with one attached hydrogen (secondary N) is 1. The highest BCUT2D eigenvalue weighted by molar-refractivity contribution is 7.90. The van der Waals surface area contributed by atoms with E-state index in [0.717, 1.165) is 12.0 Å². The third kappa shape index (κ3) is 4.51. The summed E-state index contributed by atoms with van der Waals surface area (Å²) in [6.07, 6.45) is 0.831. The van der Waals surface area contributed by atoms with Crippen molar-refractivity contribution in [3.05, 3.63) is 47.5 Å². The molecule has 0 saturated carbocycles. The number of carbonyl (C=O) groups excluding carboxylic acids is 1. The molecular weight excluding hydrogens is 418 g/mol. The summed E-state index contributed by atoms with van der Waals surface area (Å²) in [5.74, 6) is 1.20. The summed E-state index contributed by atoms with van der Waals surface area (Å²) in [6.45, 7) is 6.15. The first-order valence-electron chi connectivity index (χ1n) is 9.97. The van der Waals surface area contributed by atoms with Crippen LogP contribution in [0.5, 0.6) is 11.5 Å². The van der Waals surface area contributed by atoms with Gasteiger partial charge in [-0.3, -0.25) is 4.79 Å². The number of methoxy groups -OCH3 is 2. The van der Waals surface area contributed by atoms with Crippen molar-refractivity contribution in [2.45, 2.75) is 38.1 Å². The van der Waals surface area contributed by atoms with Gasteiger partial charge in [0.05, 0.1) is 25.9 Å². The molecule has 2 aromatic rings. The Hall–Kier alpha value is -3.07. The zero-order valence-electron chi connectivity index (χ0n) is 18.3. The van der Waals surface area contributed by atoms with Gasteiger partial charge in [-0.25, -0.2) is 0 Å². The fourth-order valence-electron chi connectivity index (χ4n) is 3.52. The van der Waals surface area contributed by atoms with E-state index in [4.69, 9.17) is 9.47 Å². The van der Waals surface area contributed by atoms with Gasteiger partial charge >= 0.3 is 0 Å². The zero-order chi connectivity index (χ0) is 22.8. The van der Waals surface area contributed by atoms with Gasteiger partial charge in [-0.15, -0.1) is 4.40 Å². The molecule has 1 heterocycles. The van der Waals surface area contributed by atoms with E-state index in [-0.39, 0.29) is 22.4 Å². The van der Waals surface area contributed by atoms with Crippen LogP contribution in [-0.2, 0) is 10.0 Å². The molecule has 8 nitrogen and oxygen atoms in total. The highest BCUT2D eigenvalue weighted by Crippen LogP contribution is 2.33. The van der Waals surface area contributed by atoms with Crippen molar-refractivity contribution in [2.24, 2.45) is 4.40 Å². The van der Waals surface area contributed by atoms with E-state index in [1.54, 1.807) is 45.4 Å². The Labute approximate surface area is 182 Å². The van der Waals surface area contributed by atoms with E-state index < -0.39 is 10.0 Å². The molecule has 3 rings (SSSR count). The van der Waals surface area contributed by atoms with Crippen LogP contribution in [0.3, 0.4) is 0 Å². The van der Waals surface area contributed by atoms with Gasteiger partial charge in [-0.2, -0.15) is 8.42 Å². The molecular formula is C22H27N3O5S. The predicted molar refractivity (Wildman–Crippen MR) is 120 cm³/mol. The molecule has 166 valence electrons. The summed E-state index contributed by atoms with van der Waals surface area (Å²) in [7, 11) is -0.758. The first-order valence-corrected chi connectivity index (χ1v) is 11.4. The van der Waals surface area contributed by atoms with Crippen molar-refractivity contribution in [2.75, 3.05) is 25.7 Å². The Morgan fingerprint density at radius 1 is 1.13 bits per heavy atom. The van der Waals surface area contributed by atoms with Gasteiger partial charge in [0.2, 0.25) is 0 Å². The van der Waals surface area contributed by atoms with Crippen LogP contribution in [0.2, 0.25) is 0 Å². The normalized spacial score (nSPS) is 15.5. The summed E-state index contributed by atoms with van der Waals surface area (Å²) in [5, 5.41) is 2.90. The molecule has 0 spiro atoms. The van der Waals surface area contributed by atoms with Crippen molar-refractivity contribution in [1.82, 2.24) is 5.32 Å². The number of anilines is 1. The third-order valence-electron chi connectivity index (χ3n) is 5.14. The SMILES string of the molecule is CCCN1C(C)=NS(=O)(=O)c2cc(C(=O)N[C@H](C)c3ccc(OC)c(OC)c3)ccc21. The highest BCUT2D eigenvalue weighted by atomic mass is 32.2. The van der Waals surface area contributed by atoms with Gasteiger partial charge in [0, 0.05) is 12.1 Å². The van der Waals surface area contributed by atoms with E-state index in [9.17, 15) is 13.2 Å². The van der Waals surface area contributed by atoms with E-state index >= 15 is 0 Å². The van der Waals surface area contributed by atoms with Crippen molar-refractivity contribution >= 4 is 27.5 Å². The number of amides is 1. The number of sulfonamides is 1. The van der Waals surface area contributed by atoms with E-state index in [1.807, 2.05) is 24.8 Å². The maximum atomic E-state index is 12.9. The monoisotopic (exact) mass is 445 g/mol. The van der Waals surface area contributed by atoms with Crippen LogP contribution in [0.1, 0.15) is 49.2 Å². The Balaban J connectivity index is 1.87. The minimum Gasteiger partial charge on any atom is -0.493 e. The Kier molecular flexibility index (Phi) is 6.54. The molecule has 0 saturated heterocycles. The lowest BCUT2D eigenvalue weighted by molar-refractivity contribution is 0.0939. The van der Waals surface area contributed by atoms with Crippen LogP contribution in [0.25, 0.3) is 0 Å². The van der Waals surface area contributed by atoms with Crippen LogP contribution in [0.15, 0.2) is 45.7 Å². The van der Waals surface area contributed by atoms with Crippen LogP contribution in [0, 0.1) is 0 Å². The van der Waals surface area contributed by atoms with Crippen molar-refractivity contribution in [3.63, 3.8) is 0 Å². The number of benzene rings is 2. The maximum Gasteiger partial charge on any atom is 0.286 e. The summed E-state index contributed by atoms with van der Waals surface area (Å²) in [5.41, 5.74) is 1.62. The lowest BCUT2D eigenvalue weighted by Gasteiger charge is -2.29. The van der Waals surface area contributed by atoms with Crippen LogP contribution >= 0.6 is 0 Å². The van der Waals surface area contributed by atoms with Gasteiger partial charge in [-0.05, 0) is 56.2 Å². The summed E-state index contributed by atoms with van der Waals surface area (Å²) in [6, 6.07) is 9.75. The minimum absolute atomic E-state index is 0.0398.